The van der Waals surface area contributed by atoms with Gasteiger partial charge in [-0.3, -0.25) is 4.79 Å². The summed E-state index contributed by atoms with van der Waals surface area (Å²) in [5.74, 6) is -1.92. The van der Waals surface area contributed by atoms with E-state index >= 15 is 0 Å². The molecule has 2 aliphatic rings. The average molecular weight is 575 g/mol. The third-order valence-corrected chi connectivity index (χ3v) is 9.15. The topological polar surface area (TPSA) is 175 Å². The number of hydrogen-bond donors (Lipinski definition) is 5. The van der Waals surface area contributed by atoms with Crippen LogP contribution in [0.4, 0.5) is 5.95 Å². The van der Waals surface area contributed by atoms with Gasteiger partial charge in [-0.1, -0.05) is 29.3 Å². The summed E-state index contributed by atoms with van der Waals surface area (Å²) in [4.78, 5) is 38.4. The van der Waals surface area contributed by atoms with E-state index in [0.717, 1.165) is 49.8 Å². The average Bonchev–Trinajstić information content (AvgIpc) is 3.49. The van der Waals surface area contributed by atoms with Gasteiger partial charge in [0.1, 0.15) is 6.61 Å². The molecule has 2 unspecified atom stereocenters. The van der Waals surface area contributed by atoms with E-state index in [1.165, 1.54) is 18.5 Å². The first-order valence-corrected chi connectivity index (χ1v) is 15.1. The molecule has 1 aromatic heterocycles. The number of oxime groups is 1. The number of anilines is 1. The molecule has 5 N–H and O–H groups in total. The lowest BCUT2D eigenvalue weighted by Crippen LogP contribution is -2.64. The Balaban J connectivity index is 1.33. The highest BCUT2D eigenvalue weighted by atomic mass is 32.2. The van der Waals surface area contributed by atoms with Crippen LogP contribution in [0.3, 0.4) is 0 Å². The van der Waals surface area contributed by atoms with Crippen molar-refractivity contribution in [1.82, 2.24) is 20.0 Å². The van der Waals surface area contributed by atoms with Gasteiger partial charge in [-0.15, -0.1) is 0 Å². The minimum atomic E-state index is -4.30. The second-order valence-electron chi connectivity index (χ2n) is 10.8. The number of hydrogen-bond acceptors (Lipinski definition) is 8. The Kier molecular flexibility index (Phi) is 8.83. The molecule has 1 aliphatic carbocycles. The molecular weight excluding hydrogens is 536 g/mol. The molecule has 0 saturated heterocycles. The first kappa shape index (κ1) is 29.5. The number of carboxylic acid groups (broad SMARTS) is 1. The first-order valence-electron chi connectivity index (χ1n) is 13.6. The molecule has 4 rings (SSSR count). The monoisotopic (exact) mass is 574 g/mol. The van der Waals surface area contributed by atoms with Crippen LogP contribution in [0.5, 0.6) is 0 Å². The fourth-order valence-electron chi connectivity index (χ4n) is 5.38. The SMILES string of the molecule is Cc1cc(C)c(S(=O)(=O)NC(C)(NC(=O)C2=NOCC2CCCCNc2nc3c([nH]2)CCCC3)C(=O)O)c(C)c1. The lowest BCUT2D eigenvalue weighted by molar-refractivity contribution is -0.146. The van der Waals surface area contributed by atoms with Gasteiger partial charge in [0.2, 0.25) is 21.6 Å². The Hall–Kier alpha value is -3.45. The number of benzene rings is 1. The largest absolute Gasteiger partial charge is 0.478 e. The third-order valence-electron chi connectivity index (χ3n) is 7.29. The summed E-state index contributed by atoms with van der Waals surface area (Å²) in [6.45, 7) is 7.10. The van der Waals surface area contributed by atoms with Gasteiger partial charge in [0.25, 0.3) is 5.91 Å². The molecule has 0 bridgehead atoms. The number of aromatic nitrogens is 2. The third kappa shape index (κ3) is 6.64. The molecule has 12 nitrogen and oxygen atoms in total. The number of carbonyl (C=O) groups excluding carboxylic acids is 1. The molecule has 13 heteroatoms. The number of aromatic amines is 1. The summed E-state index contributed by atoms with van der Waals surface area (Å²) in [5.41, 5.74) is 1.90. The molecule has 2 atom stereocenters. The van der Waals surface area contributed by atoms with Crippen molar-refractivity contribution in [1.29, 1.82) is 0 Å². The van der Waals surface area contributed by atoms with Crippen molar-refractivity contribution in [2.24, 2.45) is 11.1 Å². The van der Waals surface area contributed by atoms with Crippen molar-refractivity contribution in [3.05, 3.63) is 40.2 Å². The van der Waals surface area contributed by atoms with Gasteiger partial charge in [-0.05, 0) is 77.3 Å². The van der Waals surface area contributed by atoms with Crippen LogP contribution in [0.1, 0.15) is 67.1 Å². The van der Waals surface area contributed by atoms with Crippen LogP contribution < -0.4 is 15.4 Å². The molecule has 0 radical (unpaired) electrons. The normalized spacial score (nSPS) is 18.3. The van der Waals surface area contributed by atoms with E-state index in [-0.39, 0.29) is 23.1 Å². The van der Waals surface area contributed by atoms with Gasteiger partial charge < -0.3 is 25.6 Å². The molecule has 2 heterocycles. The van der Waals surface area contributed by atoms with Crippen molar-refractivity contribution in [2.45, 2.75) is 83.2 Å². The molecule has 1 amide bonds. The molecule has 0 spiro atoms. The maximum absolute atomic E-state index is 13.2. The Morgan fingerprint density at radius 3 is 2.52 bits per heavy atom. The van der Waals surface area contributed by atoms with E-state index in [1.54, 1.807) is 26.0 Å². The molecule has 0 fully saturated rings. The number of carboxylic acids is 1. The van der Waals surface area contributed by atoms with Gasteiger partial charge in [-0.25, -0.2) is 18.2 Å². The van der Waals surface area contributed by atoms with Crippen molar-refractivity contribution in [2.75, 3.05) is 18.5 Å². The van der Waals surface area contributed by atoms with Crippen LogP contribution in [-0.4, -0.2) is 59.9 Å². The summed E-state index contributed by atoms with van der Waals surface area (Å²) >= 11 is 0. The number of nitrogens with one attached hydrogen (secondary N) is 4. The summed E-state index contributed by atoms with van der Waals surface area (Å²) in [6.07, 6.45) is 6.57. The zero-order valence-corrected chi connectivity index (χ0v) is 24.2. The lowest BCUT2D eigenvalue weighted by Gasteiger charge is -2.28. The predicted octanol–water partition coefficient (Wildman–Crippen LogP) is 2.69. The zero-order chi connectivity index (χ0) is 29.1. The van der Waals surface area contributed by atoms with E-state index in [9.17, 15) is 23.1 Å². The van der Waals surface area contributed by atoms with E-state index in [2.05, 4.69) is 30.5 Å². The minimum absolute atomic E-state index is 0.0254. The molecule has 1 aromatic carbocycles. The van der Waals surface area contributed by atoms with E-state index < -0.39 is 27.6 Å². The number of aliphatic carboxylic acids is 1. The predicted molar refractivity (Wildman–Crippen MR) is 150 cm³/mol. The lowest BCUT2D eigenvalue weighted by atomic mass is 9.97. The molecular formula is C27H38N6O6S. The van der Waals surface area contributed by atoms with Gasteiger partial charge >= 0.3 is 5.97 Å². The zero-order valence-electron chi connectivity index (χ0n) is 23.4. The number of unbranched alkanes of at least 4 members (excludes halogenated alkanes) is 1. The highest BCUT2D eigenvalue weighted by Crippen LogP contribution is 2.24. The molecule has 40 heavy (non-hydrogen) atoms. The number of imidazole rings is 1. The van der Waals surface area contributed by atoms with E-state index in [0.29, 0.717) is 24.1 Å². The van der Waals surface area contributed by atoms with Crippen molar-refractivity contribution < 1.29 is 28.0 Å². The molecule has 0 saturated carbocycles. The highest BCUT2D eigenvalue weighted by molar-refractivity contribution is 7.89. The van der Waals surface area contributed by atoms with Crippen LogP contribution in [0.25, 0.3) is 0 Å². The fourth-order valence-corrected chi connectivity index (χ4v) is 7.12. The number of aryl methyl sites for hydroxylation is 5. The number of sulfonamides is 1. The van der Waals surface area contributed by atoms with Crippen LogP contribution in [0.15, 0.2) is 22.2 Å². The van der Waals surface area contributed by atoms with Crippen molar-refractivity contribution >= 4 is 33.6 Å². The fraction of sp³-hybridized carbons (Fsp3) is 0.556. The maximum atomic E-state index is 13.2. The second kappa shape index (κ2) is 12.0. The summed E-state index contributed by atoms with van der Waals surface area (Å²) in [6, 6.07) is 3.40. The first-order chi connectivity index (χ1) is 18.9. The Morgan fingerprint density at radius 1 is 1.15 bits per heavy atom. The maximum Gasteiger partial charge on any atom is 0.345 e. The molecule has 1 aliphatic heterocycles. The van der Waals surface area contributed by atoms with Crippen LogP contribution >= 0.6 is 0 Å². The van der Waals surface area contributed by atoms with Crippen LogP contribution in [-0.2, 0) is 37.3 Å². The highest BCUT2D eigenvalue weighted by Gasteiger charge is 2.42. The van der Waals surface area contributed by atoms with Crippen molar-refractivity contribution in [3.63, 3.8) is 0 Å². The van der Waals surface area contributed by atoms with Gasteiger partial charge in [-0.2, -0.15) is 4.72 Å². The summed E-state index contributed by atoms with van der Waals surface area (Å²) in [7, 11) is -4.30. The van der Waals surface area contributed by atoms with Crippen molar-refractivity contribution in [3.8, 4) is 0 Å². The smallest absolute Gasteiger partial charge is 0.345 e. The Morgan fingerprint density at radius 2 is 1.85 bits per heavy atom. The number of nitrogens with zero attached hydrogens (tertiary/aromatic N) is 2. The van der Waals surface area contributed by atoms with E-state index in [1.807, 2.05) is 6.92 Å². The summed E-state index contributed by atoms with van der Waals surface area (Å²) < 4.78 is 28.7. The molecule has 2 aromatic rings. The van der Waals surface area contributed by atoms with Crippen LogP contribution in [0, 0.1) is 26.7 Å². The van der Waals surface area contributed by atoms with Gasteiger partial charge in [0.05, 0.1) is 10.6 Å². The van der Waals surface area contributed by atoms with Gasteiger partial charge in [0, 0.05) is 18.2 Å². The number of H-pyrrole nitrogens is 1. The number of rotatable bonds is 12. The van der Waals surface area contributed by atoms with E-state index in [4.69, 9.17) is 4.84 Å². The number of amides is 1. The van der Waals surface area contributed by atoms with Crippen LogP contribution in [0.2, 0.25) is 0 Å². The van der Waals surface area contributed by atoms with Gasteiger partial charge in [0.15, 0.2) is 5.71 Å². The number of carbonyl (C=O) groups is 2. The Bertz CT molecular complexity index is 1370. The molecule has 218 valence electrons. The minimum Gasteiger partial charge on any atom is -0.478 e. The Labute approximate surface area is 234 Å². The summed E-state index contributed by atoms with van der Waals surface area (Å²) in [5, 5.41) is 19.4. The second-order valence-corrected chi connectivity index (χ2v) is 12.4. The quantitative estimate of drug-likeness (QED) is 0.190. The standard InChI is InChI=1S/C27H38N6O6S/c1-16-13-17(2)23(18(3)14-16)40(37,38)33-27(4,25(35)36)31-24(34)22-19(15-39-32-22)9-7-8-12-28-26-29-20-10-5-6-11-21(20)30-26/h13-14,19,33H,5-12,15H2,1-4H3,(H,31,34)(H,35,36)(H2,28,29,30). The number of fused-ring (bicyclic) bond motifs is 1.